The van der Waals surface area contributed by atoms with Crippen LogP contribution >= 0.6 is 0 Å². The first-order valence-corrected chi connectivity index (χ1v) is 4.63. The quantitative estimate of drug-likeness (QED) is 0.620. The van der Waals surface area contributed by atoms with Crippen molar-refractivity contribution < 1.29 is 0 Å². The Morgan fingerprint density at radius 1 is 1.25 bits per heavy atom. The van der Waals surface area contributed by atoms with Crippen LogP contribution < -0.4 is 0 Å². The van der Waals surface area contributed by atoms with Crippen molar-refractivity contribution in [1.29, 1.82) is 0 Å². The first-order valence-electron chi connectivity index (χ1n) is 4.63. The van der Waals surface area contributed by atoms with Crippen LogP contribution in [-0.2, 0) is 0 Å². The molecule has 1 heteroatoms. The zero-order chi connectivity index (χ0) is 9.56. The van der Waals surface area contributed by atoms with Gasteiger partial charge in [-0.05, 0) is 24.5 Å². The Kier molecular flexibility index (Phi) is 5.35. The van der Waals surface area contributed by atoms with Gasteiger partial charge < -0.3 is 0 Å². The van der Waals surface area contributed by atoms with Crippen molar-refractivity contribution in [2.45, 2.75) is 40.5 Å². The summed E-state index contributed by atoms with van der Waals surface area (Å²) < 4.78 is 0. The molecule has 0 aliphatic carbocycles. The summed E-state index contributed by atoms with van der Waals surface area (Å²) in [5, 5.41) is 0. The Morgan fingerprint density at radius 2 is 1.83 bits per heavy atom. The van der Waals surface area contributed by atoms with E-state index in [-0.39, 0.29) is 0 Å². The summed E-state index contributed by atoms with van der Waals surface area (Å²) in [6, 6.07) is 4.12. The fraction of sp³-hybridized carbons (Fsp3) is 0.545. The van der Waals surface area contributed by atoms with Gasteiger partial charge in [0.2, 0.25) is 0 Å². The van der Waals surface area contributed by atoms with Crippen LogP contribution in [0.5, 0.6) is 0 Å². The zero-order valence-corrected chi connectivity index (χ0v) is 8.76. The molecule has 1 aromatic heterocycles. The third-order valence-corrected chi connectivity index (χ3v) is 1.67. The van der Waals surface area contributed by atoms with Gasteiger partial charge in [0, 0.05) is 11.9 Å². The molecule has 1 heterocycles. The van der Waals surface area contributed by atoms with Crippen LogP contribution in [0, 0.1) is 6.92 Å². The summed E-state index contributed by atoms with van der Waals surface area (Å²) >= 11 is 0. The average molecular weight is 165 g/mol. The summed E-state index contributed by atoms with van der Waals surface area (Å²) in [5.74, 6) is 0.591. The number of nitrogens with zero attached hydrogens (tertiary/aromatic N) is 1. The van der Waals surface area contributed by atoms with Crippen LogP contribution in [0.3, 0.4) is 0 Å². The maximum absolute atomic E-state index is 4.20. The van der Waals surface area contributed by atoms with Gasteiger partial charge in [0.1, 0.15) is 0 Å². The molecule has 0 aliphatic heterocycles. The second kappa shape index (κ2) is 5.76. The second-order valence-electron chi connectivity index (χ2n) is 2.83. The molecule has 0 unspecified atom stereocenters. The van der Waals surface area contributed by atoms with Crippen LogP contribution in [0.15, 0.2) is 18.3 Å². The molecule has 0 atom stereocenters. The van der Waals surface area contributed by atoms with E-state index in [0.29, 0.717) is 5.92 Å². The monoisotopic (exact) mass is 165 g/mol. The average Bonchev–Trinajstić information content (AvgIpc) is 2.08. The molecule has 68 valence electrons. The van der Waals surface area contributed by atoms with E-state index in [1.807, 2.05) is 26.1 Å². The Hall–Kier alpha value is -0.850. The Morgan fingerprint density at radius 3 is 2.17 bits per heavy atom. The first-order chi connectivity index (χ1) is 5.72. The van der Waals surface area contributed by atoms with Crippen molar-refractivity contribution >= 4 is 0 Å². The number of aromatic nitrogens is 1. The van der Waals surface area contributed by atoms with E-state index in [0.717, 1.165) is 5.69 Å². The van der Waals surface area contributed by atoms with Gasteiger partial charge in [-0.15, -0.1) is 0 Å². The normalized spacial score (nSPS) is 9.17. The van der Waals surface area contributed by atoms with Crippen molar-refractivity contribution in [3.8, 4) is 0 Å². The van der Waals surface area contributed by atoms with Gasteiger partial charge in [-0.25, -0.2) is 0 Å². The van der Waals surface area contributed by atoms with E-state index in [2.05, 4.69) is 31.8 Å². The molecular weight excluding hydrogens is 146 g/mol. The SMILES string of the molecule is CC.Cc1ncccc1C(C)C. The lowest BCUT2D eigenvalue weighted by Crippen LogP contribution is -1.92. The van der Waals surface area contributed by atoms with Gasteiger partial charge in [-0.2, -0.15) is 0 Å². The van der Waals surface area contributed by atoms with Gasteiger partial charge in [-0.3, -0.25) is 4.98 Å². The van der Waals surface area contributed by atoms with Crippen molar-refractivity contribution in [3.63, 3.8) is 0 Å². The smallest absolute Gasteiger partial charge is 0.0407 e. The lowest BCUT2D eigenvalue weighted by Gasteiger charge is -2.06. The Balaban J connectivity index is 0.000000561. The molecule has 0 saturated carbocycles. The van der Waals surface area contributed by atoms with Crippen LogP contribution in [0.1, 0.15) is 44.9 Å². The molecule has 1 aromatic rings. The molecule has 1 nitrogen and oxygen atoms in total. The van der Waals surface area contributed by atoms with E-state index in [1.165, 1.54) is 5.56 Å². The van der Waals surface area contributed by atoms with Crippen LogP contribution in [0.25, 0.3) is 0 Å². The molecule has 0 spiro atoms. The van der Waals surface area contributed by atoms with Crippen molar-refractivity contribution in [2.75, 3.05) is 0 Å². The maximum atomic E-state index is 4.20. The highest BCUT2D eigenvalue weighted by molar-refractivity contribution is 5.21. The zero-order valence-electron chi connectivity index (χ0n) is 8.76. The van der Waals surface area contributed by atoms with Gasteiger partial charge >= 0.3 is 0 Å². The molecular formula is C11H19N. The molecule has 0 bridgehead atoms. The second-order valence-corrected chi connectivity index (χ2v) is 2.83. The summed E-state index contributed by atoms with van der Waals surface area (Å²) in [6.07, 6.45) is 1.83. The van der Waals surface area contributed by atoms with Crippen molar-refractivity contribution in [1.82, 2.24) is 4.98 Å². The molecule has 0 amide bonds. The van der Waals surface area contributed by atoms with E-state index < -0.39 is 0 Å². The molecule has 12 heavy (non-hydrogen) atoms. The van der Waals surface area contributed by atoms with Crippen molar-refractivity contribution in [3.05, 3.63) is 29.6 Å². The number of rotatable bonds is 1. The summed E-state index contributed by atoms with van der Waals surface area (Å²) in [6.45, 7) is 10.4. The van der Waals surface area contributed by atoms with E-state index in [4.69, 9.17) is 0 Å². The molecule has 0 aliphatic rings. The highest BCUT2D eigenvalue weighted by Crippen LogP contribution is 2.15. The predicted octanol–water partition coefficient (Wildman–Crippen LogP) is 3.54. The minimum absolute atomic E-state index is 0.591. The molecule has 0 saturated heterocycles. The standard InChI is InChI=1S/C9H13N.C2H6/c1-7(2)9-5-4-6-10-8(9)3;1-2/h4-7H,1-3H3;1-2H3. The summed E-state index contributed by atoms with van der Waals surface area (Å²) in [5.41, 5.74) is 2.50. The maximum Gasteiger partial charge on any atom is 0.0407 e. The molecule has 0 fully saturated rings. The Labute approximate surface area is 75.8 Å². The van der Waals surface area contributed by atoms with Gasteiger partial charge in [0.25, 0.3) is 0 Å². The Bertz CT molecular complexity index is 216. The van der Waals surface area contributed by atoms with Gasteiger partial charge in [-0.1, -0.05) is 33.8 Å². The summed E-state index contributed by atoms with van der Waals surface area (Å²) in [7, 11) is 0. The summed E-state index contributed by atoms with van der Waals surface area (Å²) in [4.78, 5) is 4.20. The third kappa shape index (κ3) is 3.04. The van der Waals surface area contributed by atoms with Crippen LogP contribution in [-0.4, -0.2) is 4.98 Å². The fourth-order valence-corrected chi connectivity index (χ4v) is 1.11. The van der Waals surface area contributed by atoms with Gasteiger partial charge in [0.05, 0.1) is 0 Å². The van der Waals surface area contributed by atoms with Crippen LogP contribution in [0.2, 0.25) is 0 Å². The molecule has 0 aromatic carbocycles. The van der Waals surface area contributed by atoms with Crippen molar-refractivity contribution in [2.24, 2.45) is 0 Å². The molecule has 1 rings (SSSR count). The number of hydrogen-bond donors (Lipinski definition) is 0. The number of pyridine rings is 1. The highest BCUT2D eigenvalue weighted by atomic mass is 14.7. The molecule has 0 N–H and O–H groups in total. The van der Waals surface area contributed by atoms with E-state index in [1.54, 1.807) is 0 Å². The minimum atomic E-state index is 0.591. The molecule has 0 radical (unpaired) electrons. The van der Waals surface area contributed by atoms with E-state index >= 15 is 0 Å². The number of aryl methyl sites for hydroxylation is 1. The van der Waals surface area contributed by atoms with Crippen LogP contribution in [0.4, 0.5) is 0 Å². The largest absolute Gasteiger partial charge is 0.261 e. The topological polar surface area (TPSA) is 12.9 Å². The fourth-order valence-electron chi connectivity index (χ4n) is 1.11. The lowest BCUT2D eigenvalue weighted by molar-refractivity contribution is 0.843. The van der Waals surface area contributed by atoms with Gasteiger partial charge in [0.15, 0.2) is 0 Å². The lowest BCUT2D eigenvalue weighted by atomic mass is 10.0. The first kappa shape index (κ1) is 11.2. The van der Waals surface area contributed by atoms with E-state index in [9.17, 15) is 0 Å². The minimum Gasteiger partial charge on any atom is -0.261 e. The number of hydrogen-bond acceptors (Lipinski definition) is 1. The predicted molar refractivity (Wildman–Crippen MR) is 54.4 cm³/mol. The third-order valence-electron chi connectivity index (χ3n) is 1.67. The highest BCUT2D eigenvalue weighted by Gasteiger charge is 2.00.